The summed E-state index contributed by atoms with van der Waals surface area (Å²) in [6.45, 7) is 2.83. The van der Waals surface area contributed by atoms with Gasteiger partial charge in [0.05, 0.1) is 12.3 Å². The lowest BCUT2D eigenvalue weighted by Gasteiger charge is -2.04. The van der Waals surface area contributed by atoms with E-state index in [0.717, 1.165) is 35.8 Å². The third-order valence-corrected chi connectivity index (χ3v) is 2.88. The smallest absolute Gasteiger partial charge is 0.167 e. The molecule has 0 bridgehead atoms. The van der Waals surface area contributed by atoms with Crippen LogP contribution < -0.4 is 4.74 Å². The molecule has 2 aromatic rings. The van der Waals surface area contributed by atoms with Gasteiger partial charge in [0, 0.05) is 17.0 Å². The van der Waals surface area contributed by atoms with E-state index < -0.39 is 0 Å². The molecule has 0 aliphatic carbocycles. The van der Waals surface area contributed by atoms with Gasteiger partial charge in [-0.3, -0.25) is 0 Å². The lowest BCUT2D eigenvalue weighted by Crippen LogP contribution is -1.94. The molecule has 0 N–H and O–H groups in total. The Balaban J connectivity index is 2.11. The van der Waals surface area contributed by atoms with Gasteiger partial charge >= 0.3 is 0 Å². The normalized spacial score (nSPS) is 10.5. The molecule has 0 unspecified atom stereocenters. The number of alkyl halides is 1. The van der Waals surface area contributed by atoms with Crippen molar-refractivity contribution in [3.8, 4) is 17.1 Å². The monoisotopic (exact) mass is 295 g/mol. The Morgan fingerprint density at radius 3 is 2.65 bits per heavy atom. The molecule has 0 saturated carbocycles. The van der Waals surface area contributed by atoms with E-state index in [1.54, 1.807) is 0 Å². The summed E-state index contributed by atoms with van der Waals surface area (Å²) in [5.74, 6) is 1.66. The molecule has 0 aliphatic rings. The van der Waals surface area contributed by atoms with Gasteiger partial charge in [-0.05, 0) is 30.7 Å². The molecule has 0 radical (unpaired) electrons. The Hall–Kier alpha value is -1.29. The van der Waals surface area contributed by atoms with Crippen LogP contribution in [0.25, 0.3) is 11.3 Å². The minimum Gasteiger partial charge on any atom is -0.494 e. The molecule has 1 heterocycles. The highest BCUT2D eigenvalue weighted by molar-refractivity contribution is 9.08. The Morgan fingerprint density at radius 1 is 1.29 bits per heavy atom. The number of ether oxygens (including phenoxy) is 1. The largest absolute Gasteiger partial charge is 0.494 e. The first-order valence-corrected chi connectivity index (χ1v) is 6.70. The number of aromatic nitrogens is 1. The van der Waals surface area contributed by atoms with Crippen molar-refractivity contribution in [1.82, 2.24) is 5.16 Å². The minimum atomic E-state index is 0.703. The second-order valence-electron chi connectivity index (χ2n) is 3.69. The molecule has 3 nitrogen and oxygen atoms in total. The fraction of sp³-hybridized carbons (Fsp3) is 0.308. The van der Waals surface area contributed by atoms with Crippen molar-refractivity contribution in [2.45, 2.75) is 18.7 Å². The lowest BCUT2D eigenvalue weighted by molar-refractivity contribution is 0.317. The summed E-state index contributed by atoms with van der Waals surface area (Å²) >= 11 is 3.34. The molecular weight excluding hydrogens is 282 g/mol. The van der Waals surface area contributed by atoms with Gasteiger partial charge in [0.1, 0.15) is 5.75 Å². The van der Waals surface area contributed by atoms with Crippen LogP contribution in [-0.2, 0) is 5.33 Å². The van der Waals surface area contributed by atoms with Gasteiger partial charge in [0.15, 0.2) is 5.76 Å². The zero-order chi connectivity index (χ0) is 12.1. The summed E-state index contributed by atoms with van der Waals surface area (Å²) in [7, 11) is 0. The molecule has 0 spiro atoms. The topological polar surface area (TPSA) is 35.3 Å². The highest BCUT2D eigenvalue weighted by atomic mass is 79.9. The van der Waals surface area contributed by atoms with Crippen LogP contribution in [0.5, 0.6) is 5.75 Å². The van der Waals surface area contributed by atoms with Gasteiger partial charge in [0.2, 0.25) is 0 Å². The summed E-state index contributed by atoms with van der Waals surface area (Å²) in [4.78, 5) is 0. The summed E-state index contributed by atoms with van der Waals surface area (Å²) in [5, 5.41) is 4.63. The summed E-state index contributed by atoms with van der Waals surface area (Å²) in [5.41, 5.74) is 1.90. The van der Waals surface area contributed by atoms with Crippen LogP contribution in [0, 0.1) is 0 Å². The average molecular weight is 296 g/mol. The van der Waals surface area contributed by atoms with Crippen molar-refractivity contribution in [1.29, 1.82) is 0 Å². The summed E-state index contributed by atoms with van der Waals surface area (Å²) in [6, 6.07) is 9.77. The maximum Gasteiger partial charge on any atom is 0.167 e. The number of hydrogen-bond acceptors (Lipinski definition) is 3. The maximum atomic E-state index is 5.52. The van der Waals surface area contributed by atoms with E-state index in [2.05, 4.69) is 28.0 Å². The molecule has 0 saturated heterocycles. The number of halogens is 1. The molecule has 0 atom stereocenters. The first-order chi connectivity index (χ1) is 8.33. The van der Waals surface area contributed by atoms with E-state index in [1.165, 1.54) is 0 Å². The zero-order valence-electron chi connectivity index (χ0n) is 9.65. The van der Waals surface area contributed by atoms with Crippen LogP contribution in [0.15, 0.2) is 34.9 Å². The van der Waals surface area contributed by atoms with E-state index in [1.807, 2.05) is 30.3 Å². The van der Waals surface area contributed by atoms with Crippen molar-refractivity contribution < 1.29 is 9.26 Å². The quantitative estimate of drug-likeness (QED) is 0.781. The Morgan fingerprint density at radius 2 is 2.06 bits per heavy atom. The van der Waals surface area contributed by atoms with Crippen molar-refractivity contribution in [2.24, 2.45) is 0 Å². The first kappa shape index (κ1) is 12.2. The molecule has 90 valence electrons. The second-order valence-corrected chi connectivity index (χ2v) is 4.25. The van der Waals surface area contributed by atoms with Crippen molar-refractivity contribution in [3.05, 3.63) is 36.0 Å². The van der Waals surface area contributed by atoms with Gasteiger partial charge in [-0.1, -0.05) is 28.0 Å². The predicted molar refractivity (Wildman–Crippen MR) is 70.4 cm³/mol. The van der Waals surface area contributed by atoms with Gasteiger partial charge in [-0.2, -0.15) is 0 Å². The van der Waals surface area contributed by atoms with E-state index in [0.29, 0.717) is 5.33 Å². The highest BCUT2D eigenvalue weighted by Crippen LogP contribution is 2.23. The molecular formula is C13H14BrNO2. The molecule has 17 heavy (non-hydrogen) atoms. The van der Waals surface area contributed by atoms with Crippen LogP contribution in [0.2, 0.25) is 0 Å². The van der Waals surface area contributed by atoms with Gasteiger partial charge in [-0.25, -0.2) is 0 Å². The van der Waals surface area contributed by atoms with Crippen molar-refractivity contribution in [2.75, 3.05) is 6.61 Å². The molecule has 4 heteroatoms. The molecule has 1 aromatic carbocycles. The molecule has 2 rings (SSSR count). The maximum absolute atomic E-state index is 5.52. The Kier molecular flexibility index (Phi) is 4.20. The number of rotatable bonds is 5. The third kappa shape index (κ3) is 3.09. The van der Waals surface area contributed by atoms with Gasteiger partial charge < -0.3 is 9.26 Å². The van der Waals surface area contributed by atoms with Crippen LogP contribution in [0.1, 0.15) is 19.0 Å². The Labute approximate surface area is 109 Å². The second kappa shape index (κ2) is 5.87. The van der Waals surface area contributed by atoms with Gasteiger partial charge in [-0.15, -0.1) is 0 Å². The van der Waals surface area contributed by atoms with Gasteiger partial charge in [0.25, 0.3) is 0 Å². The molecule has 0 fully saturated rings. The molecule has 0 amide bonds. The third-order valence-electron chi connectivity index (χ3n) is 2.31. The SMILES string of the molecule is CCCOc1ccc(-c2cc(CBr)no2)cc1. The first-order valence-electron chi connectivity index (χ1n) is 5.58. The molecule has 1 aromatic heterocycles. The van der Waals surface area contributed by atoms with E-state index in [-0.39, 0.29) is 0 Å². The number of benzene rings is 1. The van der Waals surface area contributed by atoms with Crippen LogP contribution in [-0.4, -0.2) is 11.8 Å². The van der Waals surface area contributed by atoms with Crippen molar-refractivity contribution in [3.63, 3.8) is 0 Å². The van der Waals surface area contributed by atoms with Crippen molar-refractivity contribution >= 4 is 15.9 Å². The predicted octanol–water partition coefficient (Wildman–Crippen LogP) is 4.03. The highest BCUT2D eigenvalue weighted by Gasteiger charge is 2.05. The average Bonchev–Trinajstić information content (AvgIpc) is 2.86. The number of hydrogen-bond donors (Lipinski definition) is 0. The van der Waals surface area contributed by atoms with E-state index in [4.69, 9.17) is 9.26 Å². The van der Waals surface area contributed by atoms with Crippen LogP contribution in [0.3, 0.4) is 0 Å². The van der Waals surface area contributed by atoms with E-state index in [9.17, 15) is 0 Å². The van der Waals surface area contributed by atoms with E-state index >= 15 is 0 Å². The molecule has 0 aliphatic heterocycles. The fourth-order valence-electron chi connectivity index (χ4n) is 1.45. The number of nitrogens with zero attached hydrogens (tertiary/aromatic N) is 1. The summed E-state index contributed by atoms with van der Waals surface area (Å²) < 4.78 is 10.8. The Bertz CT molecular complexity index is 465. The fourth-order valence-corrected chi connectivity index (χ4v) is 1.71. The lowest BCUT2D eigenvalue weighted by atomic mass is 10.1. The standard InChI is InChI=1S/C13H14BrNO2/c1-2-7-16-12-5-3-10(4-6-12)13-8-11(9-14)15-17-13/h3-6,8H,2,7,9H2,1H3. The summed E-state index contributed by atoms with van der Waals surface area (Å²) in [6.07, 6.45) is 1.01. The zero-order valence-corrected chi connectivity index (χ0v) is 11.2. The minimum absolute atomic E-state index is 0.703. The van der Waals surface area contributed by atoms with Crippen LogP contribution >= 0.6 is 15.9 Å². The van der Waals surface area contributed by atoms with Crippen LogP contribution in [0.4, 0.5) is 0 Å².